The van der Waals surface area contributed by atoms with Gasteiger partial charge in [-0.2, -0.15) is 0 Å². The predicted molar refractivity (Wildman–Crippen MR) is 86.4 cm³/mol. The molecule has 0 spiro atoms. The maximum absolute atomic E-state index is 12.8. The fourth-order valence-electron chi connectivity index (χ4n) is 2.95. The third-order valence-electron chi connectivity index (χ3n) is 4.55. The van der Waals surface area contributed by atoms with Crippen molar-refractivity contribution in [3.8, 4) is 0 Å². The number of rotatable bonds is 3. The summed E-state index contributed by atoms with van der Waals surface area (Å²) in [5.41, 5.74) is -0.543. The van der Waals surface area contributed by atoms with Crippen LogP contribution in [0.2, 0.25) is 0 Å². The van der Waals surface area contributed by atoms with E-state index in [0.717, 1.165) is 5.39 Å². The lowest BCUT2D eigenvalue weighted by Gasteiger charge is -2.19. The van der Waals surface area contributed by atoms with Gasteiger partial charge in [0.05, 0.1) is 0 Å². The highest BCUT2D eigenvalue weighted by Crippen LogP contribution is 2.53. The largest absolute Gasteiger partial charge is 0.458 e. The van der Waals surface area contributed by atoms with Crippen molar-refractivity contribution in [2.75, 3.05) is 6.54 Å². The zero-order valence-corrected chi connectivity index (χ0v) is 13.8. The number of amides is 3. The summed E-state index contributed by atoms with van der Waals surface area (Å²) < 4.78 is 4.93. The Morgan fingerprint density at radius 3 is 2.70 bits per heavy atom. The number of furan rings is 1. The van der Waals surface area contributed by atoms with Gasteiger partial charge in [-0.3, -0.25) is 9.69 Å². The normalized spacial score (nSPS) is 29.2. The zero-order valence-electron chi connectivity index (χ0n) is 12.3. The Labute approximate surface area is 142 Å². The number of hydrogen-bond donors (Lipinski definition) is 1. The summed E-state index contributed by atoms with van der Waals surface area (Å²) in [6.45, 7) is 1.86. The van der Waals surface area contributed by atoms with Gasteiger partial charge >= 0.3 is 6.03 Å². The van der Waals surface area contributed by atoms with Crippen LogP contribution in [0, 0.1) is 5.92 Å². The maximum atomic E-state index is 12.8. The first-order valence-corrected chi connectivity index (χ1v) is 8.08. The molecule has 2 aliphatic rings. The third kappa shape index (κ3) is 2.22. The molecule has 2 aromatic rings. The number of urea groups is 1. The highest BCUT2D eigenvalue weighted by atomic mass is 35.5. The molecule has 23 heavy (non-hydrogen) atoms. The quantitative estimate of drug-likeness (QED) is 0.680. The van der Waals surface area contributed by atoms with E-state index in [0.29, 0.717) is 17.8 Å². The average Bonchev–Trinajstić information content (AvgIpc) is 2.85. The molecule has 0 unspecified atom stereocenters. The Kier molecular flexibility index (Phi) is 3.00. The van der Waals surface area contributed by atoms with Crippen LogP contribution in [-0.4, -0.2) is 27.7 Å². The molecule has 1 aliphatic heterocycles. The molecular weight excluding hydrogens is 339 g/mol. The topological polar surface area (TPSA) is 62.6 Å². The van der Waals surface area contributed by atoms with Crippen LogP contribution in [0.1, 0.15) is 19.1 Å². The van der Waals surface area contributed by atoms with Gasteiger partial charge in [0.15, 0.2) is 5.54 Å². The van der Waals surface area contributed by atoms with Crippen molar-refractivity contribution in [1.82, 2.24) is 10.2 Å². The fraction of sp³-hybridized carbons (Fsp3) is 0.375. The summed E-state index contributed by atoms with van der Waals surface area (Å²) in [6.07, 6.45) is 0.578. The van der Waals surface area contributed by atoms with Crippen LogP contribution in [-0.2, 0) is 10.3 Å². The summed E-state index contributed by atoms with van der Waals surface area (Å²) in [6, 6.07) is 8.78. The number of halogens is 2. The second kappa shape index (κ2) is 4.65. The van der Waals surface area contributed by atoms with Crippen molar-refractivity contribution in [1.29, 1.82) is 0 Å². The minimum absolute atomic E-state index is 0.0847. The Morgan fingerprint density at radius 2 is 2.04 bits per heavy atom. The lowest BCUT2D eigenvalue weighted by Crippen LogP contribution is -2.40. The minimum atomic E-state index is -1.22. The zero-order chi connectivity index (χ0) is 16.4. The first-order chi connectivity index (χ1) is 10.8. The number of para-hydroxylation sites is 1. The second-order valence-corrected chi connectivity index (χ2v) is 7.82. The number of benzene rings is 1. The van der Waals surface area contributed by atoms with Crippen molar-refractivity contribution >= 4 is 46.1 Å². The minimum Gasteiger partial charge on any atom is -0.458 e. The van der Waals surface area contributed by atoms with Gasteiger partial charge in [0.1, 0.15) is 15.7 Å². The second-order valence-electron chi connectivity index (χ2n) is 6.28. The number of fused-ring (bicyclic) bond motifs is 1. The highest BCUT2D eigenvalue weighted by molar-refractivity contribution is 6.50. The van der Waals surface area contributed by atoms with Crippen LogP contribution >= 0.6 is 23.2 Å². The smallest absolute Gasteiger partial charge is 0.325 e. The van der Waals surface area contributed by atoms with Crippen LogP contribution in [0.25, 0.3) is 11.0 Å². The average molecular weight is 353 g/mol. The summed E-state index contributed by atoms with van der Waals surface area (Å²) in [5.74, 6) is -0.0190. The molecule has 4 rings (SSSR count). The van der Waals surface area contributed by atoms with Crippen molar-refractivity contribution in [3.05, 3.63) is 36.1 Å². The van der Waals surface area contributed by atoms with Gasteiger partial charge < -0.3 is 9.73 Å². The lowest BCUT2D eigenvalue weighted by molar-refractivity contribution is -0.131. The SMILES string of the molecule is C[C@]1(c2cc3ccccc3o2)NC(=O)N(C[C@@H]2CC2(Cl)Cl)C1=O. The van der Waals surface area contributed by atoms with Crippen LogP contribution in [0.5, 0.6) is 0 Å². The van der Waals surface area contributed by atoms with E-state index >= 15 is 0 Å². The Morgan fingerprint density at radius 1 is 1.35 bits per heavy atom. The number of nitrogens with zero attached hydrogens (tertiary/aromatic N) is 1. The molecule has 2 fully saturated rings. The standard InChI is InChI=1S/C16H14Cl2N2O3/c1-15(12-6-9-4-2-3-5-11(9)23-12)13(21)20(14(22)19-15)8-10-7-16(10,17)18/h2-6,10H,7-8H2,1H3,(H,19,22)/t10-,15+/m0/s1. The number of alkyl halides is 2. The van der Waals surface area contributed by atoms with E-state index in [2.05, 4.69) is 5.32 Å². The van der Waals surface area contributed by atoms with E-state index in [1.807, 2.05) is 24.3 Å². The van der Waals surface area contributed by atoms with Gasteiger partial charge in [0.25, 0.3) is 5.91 Å². The molecule has 1 saturated carbocycles. The molecule has 7 heteroatoms. The molecule has 1 aromatic heterocycles. The summed E-state index contributed by atoms with van der Waals surface area (Å²) in [7, 11) is 0. The number of carbonyl (C=O) groups is 2. The van der Waals surface area contributed by atoms with E-state index in [4.69, 9.17) is 27.6 Å². The van der Waals surface area contributed by atoms with Gasteiger partial charge in [-0.1, -0.05) is 18.2 Å². The molecule has 1 saturated heterocycles. The first kappa shape index (κ1) is 14.8. The lowest BCUT2D eigenvalue weighted by atomic mass is 9.99. The molecule has 0 radical (unpaired) electrons. The van der Waals surface area contributed by atoms with E-state index in [1.165, 1.54) is 4.90 Å². The molecule has 1 aromatic carbocycles. The van der Waals surface area contributed by atoms with E-state index in [1.54, 1.807) is 13.0 Å². The van der Waals surface area contributed by atoms with Crippen molar-refractivity contribution in [2.45, 2.75) is 23.2 Å². The van der Waals surface area contributed by atoms with Crippen molar-refractivity contribution in [3.63, 3.8) is 0 Å². The predicted octanol–water partition coefficient (Wildman–Crippen LogP) is 3.39. The van der Waals surface area contributed by atoms with Crippen LogP contribution in [0.3, 0.4) is 0 Å². The van der Waals surface area contributed by atoms with Crippen molar-refractivity contribution < 1.29 is 14.0 Å². The molecule has 1 N–H and O–H groups in total. The monoisotopic (exact) mass is 352 g/mol. The molecule has 3 amide bonds. The Balaban J connectivity index is 1.65. The number of hydrogen-bond acceptors (Lipinski definition) is 3. The van der Waals surface area contributed by atoms with E-state index in [9.17, 15) is 9.59 Å². The van der Waals surface area contributed by atoms with Gasteiger partial charge in [-0.15, -0.1) is 23.2 Å². The Bertz CT molecular complexity index is 799. The van der Waals surface area contributed by atoms with Gasteiger partial charge in [0.2, 0.25) is 0 Å². The van der Waals surface area contributed by atoms with E-state index < -0.39 is 15.9 Å². The molecule has 2 heterocycles. The number of nitrogens with one attached hydrogen (secondary N) is 1. The molecule has 120 valence electrons. The first-order valence-electron chi connectivity index (χ1n) is 7.32. The van der Waals surface area contributed by atoms with Gasteiger partial charge in [-0.25, -0.2) is 4.79 Å². The van der Waals surface area contributed by atoms with Crippen LogP contribution < -0.4 is 5.32 Å². The molecule has 5 nitrogen and oxygen atoms in total. The highest BCUT2D eigenvalue weighted by Gasteiger charge is 2.57. The molecule has 2 atom stereocenters. The molecule has 1 aliphatic carbocycles. The van der Waals surface area contributed by atoms with Crippen molar-refractivity contribution in [2.24, 2.45) is 5.92 Å². The van der Waals surface area contributed by atoms with E-state index in [-0.39, 0.29) is 18.4 Å². The molecular formula is C16H14Cl2N2O3. The fourth-order valence-corrected chi connectivity index (χ4v) is 3.46. The number of imide groups is 1. The number of carbonyl (C=O) groups excluding carboxylic acids is 2. The summed E-state index contributed by atoms with van der Waals surface area (Å²) in [4.78, 5) is 26.2. The maximum Gasteiger partial charge on any atom is 0.325 e. The summed E-state index contributed by atoms with van der Waals surface area (Å²) in [5, 5.41) is 3.61. The summed E-state index contributed by atoms with van der Waals surface area (Å²) >= 11 is 12.0. The van der Waals surface area contributed by atoms with Crippen LogP contribution in [0.15, 0.2) is 34.7 Å². The Hall–Kier alpha value is -1.72. The third-order valence-corrected chi connectivity index (χ3v) is 5.48. The van der Waals surface area contributed by atoms with Gasteiger partial charge in [0, 0.05) is 17.8 Å². The molecule has 0 bridgehead atoms. The van der Waals surface area contributed by atoms with Gasteiger partial charge in [-0.05, 0) is 25.5 Å². The van der Waals surface area contributed by atoms with Crippen LogP contribution in [0.4, 0.5) is 4.79 Å².